The molecule has 4 aromatic rings. The van der Waals surface area contributed by atoms with Crippen LogP contribution in [0.4, 0.5) is 0 Å². The summed E-state index contributed by atoms with van der Waals surface area (Å²) in [7, 11) is 1.73. The number of ether oxygens (including phenoxy) is 2. The first-order valence-corrected chi connectivity index (χ1v) is 25.4. The van der Waals surface area contributed by atoms with Gasteiger partial charge in [-0.15, -0.1) is 11.3 Å². The number of aromatic nitrogens is 3. The van der Waals surface area contributed by atoms with E-state index in [-0.39, 0.29) is 59.6 Å². The molecule has 7 aliphatic rings. The van der Waals surface area contributed by atoms with E-state index >= 15 is 4.79 Å². The molecule has 0 radical (unpaired) electrons. The van der Waals surface area contributed by atoms with Crippen LogP contribution >= 0.6 is 11.3 Å². The van der Waals surface area contributed by atoms with Crippen molar-refractivity contribution in [3.8, 4) is 22.5 Å². The number of thiazole rings is 1. The van der Waals surface area contributed by atoms with Crippen LogP contribution in [0.25, 0.3) is 33.4 Å². The van der Waals surface area contributed by atoms with Gasteiger partial charge in [0, 0.05) is 116 Å². The fourth-order valence-corrected chi connectivity index (χ4v) is 12.9. The number of pyridine rings is 1. The number of carbonyl (C=O) groups is 4. The van der Waals surface area contributed by atoms with Gasteiger partial charge in [0.2, 0.25) is 11.8 Å². The number of rotatable bonds is 8. The Bertz CT molecular complexity index is 2610. The highest BCUT2D eigenvalue weighted by molar-refractivity contribution is 7.10. The highest BCUT2D eigenvalue weighted by atomic mass is 32.1. The smallest absolute Gasteiger partial charge is 0.324 e. The van der Waals surface area contributed by atoms with E-state index in [2.05, 4.69) is 82.4 Å². The zero-order valence-electron chi connectivity index (χ0n) is 39.9. The van der Waals surface area contributed by atoms with Crippen molar-refractivity contribution in [1.82, 2.24) is 45.0 Å². The summed E-state index contributed by atoms with van der Waals surface area (Å²) in [5.74, 6) is -0.555. The molecule has 2 aliphatic carbocycles. The molecule has 67 heavy (non-hydrogen) atoms. The lowest BCUT2D eigenvalue weighted by Gasteiger charge is -2.62. The summed E-state index contributed by atoms with van der Waals surface area (Å²) in [6.07, 6.45) is 5.83. The summed E-state index contributed by atoms with van der Waals surface area (Å²) in [5.41, 5.74) is 9.81. The number of hydrazine groups is 1. The van der Waals surface area contributed by atoms with Gasteiger partial charge in [-0.3, -0.25) is 39.0 Å². The van der Waals surface area contributed by atoms with Crippen LogP contribution < -0.4 is 10.7 Å². The minimum Gasteiger partial charge on any atom is -0.464 e. The summed E-state index contributed by atoms with van der Waals surface area (Å²) in [6.45, 7) is 17.3. The Morgan fingerprint density at radius 1 is 1.01 bits per heavy atom. The van der Waals surface area contributed by atoms with Crippen LogP contribution in [0.1, 0.15) is 102 Å². The van der Waals surface area contributed by atoms with Crippen molar-refractivity contribution in [2.75, 3.05) is 59.5 Å². The number of hydrogen-bond acceptors (Lipinski definition) is 12. The SMILES string of the molecule is CO[C@@H](C)c1ncccc1-c1c2c3cc(ccc3n1C1CN(C3CC3)C1)-c1csc(n1)[C@@H](N1CC3(CN(C(C)=O)C3)C1)[C@H](NC(=O)C1[C@@H](C)[C@H]1C)C(=O)N1CCC[C@H](N1)C(=O)OCC(C)(C)C2. The van der Waals surface area contributed by atoms with Crippen LogP contribution in [-0.2, 0) is 35.1 Å². The molecule has 1 unspecified atom stereocenters. The Balaban J connectivity index is 1.06. The second-order valence-electron chi connectivity index (χ2n) is 21.9. The molecule has 2 saturated carbocycles. The second-order valence-corrected chi connectivity index (χ2v) is 22.8. The third-order valence-corrected chi connectivity index (χ3v) is 17.2. The van der Waals surface area contributed by atoms with Crippen LogP contribution in [0, 0.1) is 28.6 Å². The lowest BCUT2D eigenvalue weighted by molar-refractivity contribution is -0.167. The Labute approximate surface area is 396 Å². The highest BCUT2D eigenvalue weighted by Crippen LogP contribution is 2.49. The van der Waals surface area contributed by atoms with Crippen molar-refractivity contribution in [2.24, 2.45) is 28.6 Å². The van der Waals surface area contributed by atoms with Crippen molar-refractivity contribution in [3.63, 3.8) is 0 Å². The van der Waals surface area contributed by atoms with Crippen molar-refractivity contribution < 1.29 is 28.7 Å². The maximum absolute atomic E-state index is 15.2. The van der Waals surface area contributed by atoms with Gasteiger partial charge in [-0.05, 0) is 80.7 Å². The Kier molecular flexibility index (Phi) is 11.2. The summed E-state index contributed by atoms with van der Waals surface area (Å²) in [6, 6.07) is 9.49. The number of esters is 1. The number of fused-ring (bicyclic) bond motifs is 6. The van der Waals surface area contributed by atoms with Gasteiger partial charge < -0.3 is 24.3 Å². The average Bonchev–Trinajstić information content (AvgIpc) is 4.12. The largest absolute Gasteiger partial charge is 0.464 e. The lowest BCUT2D eigenvalue weighted by Crippen LogP contribution is -2.74. The molecule has 8 heterocycles. The number of likely N-dealkylation sites (tertiary alicyclic amines) is 3. The van der Waals surface area contributed by atoms with Crippen LogP contribution in [0.5, 0.6) is 0 Å². The number of methoxy groups -OCH3 is 1. The predicted molar refractivity (Wildman–Crippen MR) is 254 cm³/mol. The van der Waals surface area contributed by atoms with Crippen LogP contribution in [-0.4, -0.2) is 136 Å². The number of carbonyl (C=O) groups excluding carboxylic acids is 4. The monoisotopic (exact) mass is 931 g/mol. The Morgan fingerprint density at radius 3 is 2.48 bits per heavy atom. The van der Waals surface area contributed by atoms with Crippen molar-refractivity contribution in [3.05, 3.63) is 58.2 Å². The quantitative estimate of drug-likeness (QED) is 0.207. The maximum Gasteiger partial charge on any atom is 0.324 e. The van der Waals surface area contributed by atoms with E-state index in [0.29, 0.717) is 58.0 Å². The molecule has 5 aliphatic heterocycles. The first-order chi connectivity index (χ1) is 32.1. The highest BCUT2D eigenvalue weighted by Gasteiger charge is 2.57. The molecule has 7 atom stereocenters. The lowest BCUT2D eigenvalue weighted by atomic mass is 9.71. The molecule has 2 N–H and O–H groups in total. The molecule has 15 nitrogen and oxygen atoms in total. The van der Waals surface area contributed by atoms with Crippen LogP contribution in [0.3, 0.4) is 0 Å². The number of hydrogen-bond donors (Lipinski definition) is 2. The van der Waals surface area contributed by atoms with Gasteiger partial charge in [0.05, 0.1) is 41.9 Å². The van der Waals surface area contributed by atoms with E-state index in [4.69, 9.17) is 19.4 Å². The molecule has 1 aromatic carbocycles. The van der Waals surface area contributed by atoms with Gasteiger partial charge >= 0.3 is 5.97 Å². The first kappa shape index (κ1) is 44.7. The van der Waals surface area contributed by atoms with Gasteiger partial charge in [0.25, 0.3) is 5.91 Å². The van der Waals surface area contributed by atoms with Crippen molar-refractivity contribution >= 4 is 45.9 Å². The molecular weight excluding hydrogens is 867 g/mol. The molecule has 1 spiro atoms. The fourth-order valence-electron chi connectivity index (χ4n) is 11.9. The Hall–Kier alpha value is -4.74. The number of nitrogens with zero attached hydrogens (tertiary/aromatic N) is 7. The molecule has 11 rings (SSSR count). The zero-order chi connectivity index (χ0) is 46.7. The van der Waals surface area contributed by atoms with Gasteiger partial charge in [-0.1, -0.05) is 33.8 Å². The van der Waals surface area contributed by atoms with E-state index in [9.17, 15) is 14.4 Å². The van der Waals surface area contributed by atoms with E-state index in [1.807, 2.05) is 24.1 Å². The molecule has 3 amide bonds. The van der Waals surface area contributed by atoms with Gasteiger partial charge in [0.15, 0.2) is 0 Å². The van der Waals surface area contributed by atoms with Gasteiger partial charge in [-0.2, -0.15) is 0 Å². The topological polar surface area (TPSA) is 154 Å². The van der Waals surface area contributed by atoms with Crippen molar-refractivity contribution in [2.45, 2.75) is 110 Å². The second kappa shape index (κ2) is 16.7. The molecule has 4 saturated heterocycles. The van der Waals surface area contributed by atoms with E-state index in [0.717, 1.165) is 57.2 Å². The van der Waals surface area contributed by atoms with Gasteiger partial charge in [0.1, 0.15) is 17.1 Å². The number of nitrogens with one attached hydrogen (secondary N) is 2. The summed E-state index contributed by atoms with van der Waals surface area (Å²) < 4.78 is 14.8. The minimum absolute atomic E-state index is 0.0616. The third kappa shape index (κ3) is 7.97. The normalized spacial score (nSPS) is 29.1. The first-order valence-electron chi connectivity index (χ1n) is 24.5. The average molecular weight is 932 g/mol. The molecule has 6 bridgehead atoms. The summed E-state index contributed by atoms with van der Waals surface area (Å²) >= 11 is 1.51. The molecular formula is C51H65N9O6S. The minimum atomic E-state index is -0.987. The third-order valence-electron chi connectivity index (χ3n) is 16.3. The molecule has 356 valence electrons. The molecule has 6 fully saturated rings. The number of benzene rings is 1. The predicted octanol–water partition coefficient (Wildman–Crippen LogP) is 5.77. The van der Waals surface area contributed by atoms with Crippen molar-refractivity contribution in [1.29, 1.82) is 0 Å². The summed E-state index contributed by atoms with van der Waals surface area (Å²) in [5, 5.41) is 8.76. The standard InChI is InChI=1S/C51H65N9O6S/c1-28-29(2)41(28)46(62)54-43-45(58-25-51(26-58)23-57(24-51)31(4)61)47-53-39(22-67-47)32-12-15-40-36(18-32)37(19-50(5,6)27-66-49(64)38-11-9-17-59(55-38)48(43)63)44(35-10-8-16-52-42(35)30(3)65-7)60(40)34-20-56(21-34)33-13-14-33/h8,10,12,15-16,18,22,28-30,33-34,38,41,43,45,55H,9,11,13-14,17,19-21,23-27H2,1-7H3,(H,54,62)/t28-,29+,30-,38-,41?,43-,45-/m0/s1. The molecule has 3 aromatic heterocycles. The number of amides is 3. The zero-order valence-corrected chi connectivity index (χ0v) is 40.7. The van der Waals surface area contributed by atoms with Crippen LogP contribution in [0.15, 0.2) is 41.9 Å². The Morgan fingerprint density at radius 2 is 1.78 bits per heavy atom. The van der Waals surface area contributed by atoms with E-state index < -0.39 is 29.5 Å². The summed E-state index contributed by atoms with van der Waals surface area (Å²) in [4.78, 5) is 72.9. The number of cyclic esters (lactones) is 1. The molecule has 16 heteroatoms. The fraction of sp³-hybridized carbons (Fsp3) is 0.608. The van der Waals surface area contributed by atoms with E-state index in [1.165, 1.54) is 29.7 Å². The van der Waals surface area contributed by atoms with Crippen LogP contribution in [0.2, 0.25) is 0 Å². The van der Waals surface area contributed by atoms with Gasteiger partial charge in [-0.25, -0.2) is 10.4 Å². The maximum atomic E-state index is 15.2. The van der Waals surface area contributed by atoms with E-state index in [1.54, 1.807) is 19.0 Å².